The number of aromatic nitrogens is 1. The summed E-state index contributed by atoms with van der Waals surface area (Å²) >= 11 is 0. The molecule has 0 atom stereocenters. The Bertz CT molecular complexity index is 4250. The van der Waals surface area contributed by atoms with Gasteiger partial charge in [0.2, 0.25) is 0 Å². The monoisotopic (exact) mass is 926 g/mol. The van der Waals surface area contributed by atoms with Gasteiger partial charge in [0.15, 0.2) is 0 Å². The first-order valence-electron chi connectivity index (χ1n) is 25.3. The Morgan fingerprint density at radius 3 is 1.47 bits per heavy atom. The first-order chi connectivity index (χ1) is 36.2. The van der Waals surface area contributed by atoms with Gasteiger partial charge in [-0.05, 0) is 126 Å². The van der Waals surface area contributed by atoms with Crippen LogP contribution in [0.2, 0.25) is 0 Å². The maximum atomic E-state index is 2.49. The van der Waals surface area contributed by atoms with Gasteiger partial charge >= 0.3 is 0 Å². The lowest BCUT2D eigenvalue weighted by molar-refractivity contribution is 0.794. The topological polar surface area (TPSA) is 8.17 Å². The SMILES string of the molecule is c1ccc(-c2ccccc2-c2ccc(N(c3ccc(-c4ccc5c6ccc7ccccc7c6n(-c6ccccc6)c5c4)cc3)c3cccc4c3-c3ccccc3C43c4ccccc4-c4ccccc43)cc2)cc1. The molecule has 0 N–H and O–H groups in total. The fourth-order valence-electron chi connectivity index (χ4n) is 12.7. The van der Waals surface area contributed by atoms with E-state index < -0.39 is 5.41 Å². The molecular formula is C71H46N2. The van der Waals surface area contributed by atoms with Crippen molar-refractivity contribution in [2.24, 2.45) is 0 Å². The van der Waals surface area contributed by atoms with E-state index in [-0.39, 0.29) is 0 Å². The number of nitrogens with zero attached hydrogens (tertiary/aromatic N) is 2. The number of para-hydroxylation sites is 1. The average Bonchev–Trinajstić information content (AvgIpc) is 4.09. The molecule has 0 aliphatic heterocycles. The van der Waals surface area contributed by atoms with E-state index in [1.165, 1.54) is 105 Å². The first-order valence-corrected chi connectivity index (χ1v) is 25.3. The predicted molar refractivity (Wildman–Crippen MR) is 306 cm³/mol. The second-order valence-electron chi connectivity index (χ2n) is 19.5. The molecule has 340 valence electrons. The molecule has 0 radical (unpaired) electrons. The minimum atomic E-state index is -0.456. The Kier molecular flexibility index (Phi) is 9.21. The van der Waals surface area contributed by atoms with Gasteiger partial charge in [-0.2, -0.15) is 0 Å². The van der Waals surface area contributed by atoms with Gasteiger partial charge in [0.05, 0.1) is 22.1 Å². The summed E-state index contributed by atoms with van der Waals surface area (Å²) in [6.07, 6.45) is 0. The van der Waals surface area contributed by atoms with Gasteiger partial charge in [-0.1, -0.05) is 231 Å². The molecule has 12 aromatic carbocycles. The largest absolute Gasteiger partial charge is 0.310 e. The molecular weight excluding hydrogens is 881 g/mol. The van der Waals surface area contributed by atoms with E-state index in [2.05, 4.69) is 289 Å². The number of anilines is 3. The van der Waals surface area contributed by atoms with Crippen LogP contribution in [0.4, 0.5) is 17.1 Å². The molecule has 1 aromatic heterocycles. The molecule has 1 spiro atoms. The molecule has 2 aliphatic rings. The summed E-state index contributed by atoms with van der Waals surface area (Å²) in [5.74, 6) is 0. The number of hydrogen-bond acceptors (Lipinski definition) is 1. The van der Waals surface area contributed by atoms with E-state index in [0.717, 1.165) is 28.3 Å². The maximum Gasteiger partial charge on any atom is 0.0726 e. The summed E-state index contributed by atoms with van der Waals surface area (Å²) in [5, 5.41) is 4.99. The molecule has 2 aliphatic carbocycles. The quantitative estimate of drug-likeness (QED) is 0.155. The molecule has 15 rings (SSSR count). The fraction of sp³-hybridized carbons (Fsp3) is 0.0141. The zero-order valence-corrected chi connectivity index (χ0v) is 40.0. The van der Waals surface area contributed by atoms with E-state index in [0.29, 0.717) is 0 Å². The maximum absolute atomic E-state index is 2.49. The minimum absolute atomic E-state index is 0.456. The van der Waals surface area contributed by atoms with Crippen molar-refractivity contribution in [2.45, 2.75) is 5.41 Å². The number of fused-ring (bicyclic) bond motifs is 15. The average molecular weight is 927 g/mol. The molecule has 0 bridgehead atoms. The lowest BCUT2D eigenvalue weighted by atomic mass is 9.70. The molecule has 0 amide bonds. The third-order valence-corrected chi connectivity index (χ3v) is 15.8. The van der Waals surface area contributed by atoms with Gasteiger partial charge in [-0.25, -0.2) is 0 Å². The van der Waals surface area contributed by atoms with Crippen LogP contribution >= 0.6 is 0 Å². The third-order valence-electron chi connectivity index (χ3n) is 15.8. The molecule has 0 fully saturated rings. The molecule has 0 saturated heterocycles. The molecule has 13 aromatic rings. The fourth-order valence-corrected chi connectivity index (χ4v) is 12.7. The Labute approximate surface area is 425 Å². The Morgan fingerprint density at radius 2 is 0.795 bits per heavy atom. The molecule has 0 saturated carbocycles. The van der Waals surface area contributed by atoms with Crippen molar-refractivity contribution in [3.63, 3.8) is 0 Å². The highest BCUT2D eigenvalue weighted by Gasteiger charge is 2.52. The van der Waals surface area contributed by atoms with E-state index in [1.807, 2.05) is 0 Å². The van der Waals surface area contributed by atoms with Crippen LogP contribution in [0.1, 0.15) is 22.3 Å². The van der Waals surface area contributed by atoms with Crippen LogP contribution in [-0.4, -0.2) is 4.57 Å². The molecule has 2 heteroatoms. The van der Waals surface area contributed by atoms with Crippen LogP contribution in [0.3, 0.4) is 0 Å². The van der Waals surface area contributed by atoms with E-state index >= 15 is 0 Å². The first kappa shape index (κ1) is 41.3. The Morgan fingerprint density at radius 1 is 0.301 bits per heavy atom. The van der Waals surface area contributed by atoms with Crippen molar-refractivity contribution in [3.05, 3.63) is 301 Å². The summed E-state index contributed by atoms with van der Waals surface area (Å²) in [4.78, 5) is 2.49. The van der Waals surface area contributed by atoms with Gasteiger partial charge in [0.25, 0.3) is 0 Å². The van der Waals surface area contributed by atoms with Crippen molar-refractivity contribution in [3.8, 4) is 61.3 Å². The van der Waals surface area contributed by atoms with Crippen molar-refractivity contribution >= 4 is 49.6 Å². The lowest BCUT2D eigenvalue weighted by Gasteiger charge is -2.32. The predicted octanol–water partition coefficient (Wildman–Crippen LogP) is 18.8. The highest BCUT2D eigenvalue weighted by Crippen LogP contribution is 2.64. The van der Waals surface area contributed by atoms with Gasteiger partial charge in [0.1, 0.15) is 0 Å². The van der Waals surface area contributed by atoms with Crippen molar-refractivity contribution in [2.75, 3.05) is 4.90 Å². The Balaban J connectivity index is 0.915. The summed E-state index contributed by atoms with van der Waals surface area (Å²) < 4.78 is 2.45. The van der Waals surface area contributed by atoms with Crippen LogP contribution in [0.5, 0.6) is 0 Å². The third kappa shape index (κ3) is 6.11. The zero-order valence-electron chi connectivity index (χ0n) is 40.0. The number of hydrogen-bond donors (Lipinski definition) is 0. The van der Waals surface area contributed by atoms with E-state index in [4.69, 9.17) is 0 Å². The highest BCUT2D eigenvalue weighted by atomic mass is 15.1. The second-order valence-corrected chi connectivity index (χ2v) is 19.5. The van der Waals surface area contributed by atoms with Crippen LogP contribution in [0.25, 0.3) is 93.9 Å². The van der Waals surface area contributed by atoms with Crippen molar-refractivity contribution in [1.82, 2.24) is 4.57 Å². The second kappa shape index (κ2) is 16.3. The zero-order chi connectivity index (χ0) is 48.0. The Hall–Kier alpha value is -9.50. The minimum Gasteiger partial charge on any atom is -0.310 e. The van der Waals surface area contributed by atoms with E-state index in [1.54, 1.807) is 0 Å². The smallest absolute Gasteiger partial charge is 0.0726 e. The number of rotatable bonds is 7. The lowest BCUT2D eigenvalue weighted by Crippen LogP contribution is -2.26. The van der Waals surface area contributed by atoms with Crippen LogP contribution < -0.4 is 4.90 Å². The summed E-state index contributed by atoms with van der Waals surface area (Å²) in [6, 6.07) is 103. The highest BCUT2D eigenvalue weighted by molar-refractivity contribution is 6.19. The summed E-state index contributed by atoms with van der Waals surface area (Å²) in [7, 11) is 0. The molecule has 73 heavy (non-hydrogen) atoms. The van der Waals surface area contributed by atoms with Gasteiger partial charge in [-0.15, -0.1) is 0 Å². The standard InChI is InChI=1S/C71H46N2/c1-3-18-48(19-4-1)55-23-9-10-24-56(55)50-36-42-54(43-37-50)72(67-33-17-32-66-69(67)62-28-13-16-31-65(62)71(66)63-29-14-11-26-58(63)59-27-12-15-30-64(59)71)53-40-34-47(35-41-53)51-39-44-60-61-45-38-49-20-7-8-25-57(49)70(61)73(68(60)46-51)52-21-5-2-6-22-52/h1-46H. The van der Waals surface area contributed by atoms with Gasteiger partial charge in [0, 0.05) is 38.8 Å². The molecule has 2 nitrogen and oxygen atoms in total. The number of benzene rings is 12. The van der Waals surface area contributed by atoms with Gasteiger partial charge < -0.3 is 9.47 Å². The van der Waals surface area contributed by atoms with Crippen LogP contribution in [-0.2, 0) is 5.41 Å². The normalized spacial score (nSPS) is 12.8. The van der Waals surface area contributed by atoms with Crippen molar-refractivity contribution < 1.29 is 0 Å². The van der Waals surface area contributed by atoms with Gasteiger partial charge in [-0.3, -0.25) is 0 Å². The van der Waals surface area contributed by atoms with Crippen LogP contribution in [0, 0.1) is 0 Å². The van der Waals surface area contributed by atoms with Crippen molar-refractivity contribution in [1.29, 1.82) is 0 Å². The summed E-state index contributed by atoms with van der Waals surface area (Å²) in [5.41, 5.74) is 24.1. The summed E-state index contributed by atoms with van der Waals surface area (Å²) in [6.45, 7) is 0. The molecule has 0 unspecified atom stereocenters. The molecule has 1 heterocycles. The van der Waals surface area contributed by atoms with E-state index in [9.17, 15) is 0 Å². The van der Waals surface area contributed by atoms with Crippen LogP contribution in [0.15, 0.2) is 279 Å².